The van der Waals surface area contributed by atoms with Gasteiger partial charge in [-0.15, -0.1) is 0 Å². The van der Waals surface area contributed by atoms with E-state index in [1.54, 1.807) is 0 Å². The van der Waals surface area contributed by atoms with Gasteiger partial charge in [0.05, 0.1) is 18.8 Å². The average Bonchev–Trinajstić information content (AvgIpc) is 2.33. The number of carboxylic acid groups (broad SMARTS) is 2. The molecule has 1 aromatic heterocycles. The van der Waals surface area contributed by atoms with Crippen molar-refractivity contribution in [2.75, 3.05) is 13.6 Å². The molecule has 0 amide bonds. The normalized spacial score (nSPS) is 13.8. The van der Waals surface area contributed by atoms with E-state index in [1.165, 1.54) is 18.9 Å². The SMILES string of the molecule is CC(O)C(C(=O)O)n1cc(O)c(=O)cc1CN(C)CC(=O)O. The summed E-state index contributed by atoms with van der Waals surface area (Å²) in [6.07, 6.45) is -0.361. The highest BCUT2D eigenvalue weighted by atomic mass is 16.4. The molecule has 0 saturated heterocycles. The highest BCUT2D eigenvalue weighted by molar-refractivity contribution is 5.72. The van der Waals surface area contributed by atoms with Crippen molar-refractivity contribution in [2.24, 2.45) is 0 Å². The summed E-state index contributed by atoms with van der Waals surface area (Å²) in [5, 5.41) is 37.1. The molecular formula is C13H18N2O7. The smallest absolute Gasteiger partial charge is 0.329 e. The van der Waals surface area contributed by atoms with Crippen molar-refractivity contribution in [1.29, 1.82) is 0 Å². The van der Waals surface area contributed by atoms with Gasteiger partial charge in [-0.2, -0.15) is 0 Å². The molecule has 0 spiro atoms. The third kappa shape index (κ3) is 4.30. The average molecular weight is 314 g/mol. The quantitative estimate of drug-likeness (QED) is 0.506. The van der Waals surface area contributed by atoms with Crippen LogP contribution in [0.3, 0.4) is 0 Å². The van der Waals surface area contributed by atoms with E-state index in [-0.39, 0.29) is 18.8 Å². The predicted molar refractivity (Wildman–Crippen MR) is 74.7 cm³/mol. The van der Waals surface area contributed by atoms with Gasteiger partial charge in [-0.05, 0) is 14.0 Å². The number of aliphatic hydroxyl groups is 1. The van der Waals surface area contributed by atoms with E-state index in [1.807, 2.05) is 0 Å². The monoisotopic (exact) mass is 314 g/mol. The molecule has 4 N–H and O–H groups in total. The predicted octanol–water partition coefficient (Wildman–Crippen LogP) is -0.923. The maximum atomic E-state index is 11.5. The van der Waals surface area contributed by atoms with E-state index in [2.05, 4.69) is 0 Å². The zero-order valence-electron chi connectivity index (χ0n) is 12.1. The highest BCUT2D eigenvalue weighted by Gasteiger charge is 2.27. The molecule has 0 aliphatic rings. The molecule has 9 heteroatoms. The molecule has 1 heterocycles. The van der Waals surface area contributed by atoms with Gasteiger partial charge in [0, 0.05) is 18.3 Å². The summed E-state index contributed by atoms with van der Waals surface area (Å²) in [5.74, 6) is -3.09. The summed E-state index contributed by atoms with van der Waals surface area (Å²) in [6.45, 7) is 0.901. The fourth-order valence-corrected chi connectivity index (χ4v) is 2.09. The van der Waals surface area contributed by atoms with Crippen LogP contribution < -0.4 is 5.43 Å². The summed E-state index contributed by atoms with van der Waals surface area (Å²) in [7, 11) is 1.48. The number of carbonyl (C=O) groups is 2. The summed E-state index contributed by atoms with van der Waals surface area (Å²) in [6, 6.07) is -0.397. The first-order valence-electron chi connectivity index (χ1n) is 6.38. The van der Waals surface area contributed by atoms with Crippen LogP contribution in [0, 0.1) is 0 Å². The van der Waals surface area contributed by atoms with E-state index < -0.39 is 35.3 Å². The molecule has 0 aliphatic heterocycles. The number of rotatable bonds is 7. The highest BCUT2D eigenvalue weighted by Crippen LogP contribution is 2.18. The first-order chi connectivity index (χ1) is 10.1. The minimum Gasteiger partial charge on any atom is -0.503 e. The van der Waals surface area contributed by atoms with Gasteiger partial charge in [-0.25, -0.2) is 4.79 Å². The lowest BCUT2D eigenvalue weighted by Crippen LogP contribution is -2.34. The number of pyridine rings is 1. The molecule has 1 rings (SSSR count). The third-order valence-electron chi connectivity index (χ3n) is 2.99. The number of hydrogen-bond acceptors (Lipinski definition) is 6. The van der Waals surface area contributed by atoms with Crippen LogP contribution in [0.15, 0.2) is 17.1 Å². The Morgan fingerprint density at radius 2 is 1.95 bits per heavy atom. The Hall–Kier alpha value is -2.39. The van der Waals surface area contributed by atoms with E-state index in [9.17, 15) is 29.7 Å². The molecular weight excluding hydrogens is 296 g/mol. The molecule has 0 bridgehead atoms. The Bertz CT molecular complexity index is 623. The van der Waals surface area contributed by atoms with Gasteiger partial charge >= 0.3 is 11.9 Å². The van der Waals surface area contributed by atoms with Crippen LogP contribution in [0.5, 0.6) is 5.75 Å². The molecule has 1 aromatic rings. The maximum Gasteiger partial charge on any atom is 0.329 e. The van der Waals surface area contributed by atoms with Crippen molar-refractivity contribution in [3.05, 3.63) is 28.2 Å². The molecule has 122 valence electrons. The van der Waals surface area contributed by atoms with Crippen LogP contribution in [0.4, 0.5) is 0 Å². The van der Waals surface area contributed by atoms with Crippen LogP contribution in [-0.2, 0) is 16.1 Å². The maximum absolute atomic E-state index is 11.5. The number of aromatic nitrogens is 1. The summed E-state index contributed by atoms with van der Waals surface area (Å²) >= 11 is 0. The molecule has 9 nitrogen and oxygen atoms in total. The lowest BCUT2D eigenvalue weighted by molar-refractivity contribution is -0.144. The number of carboxylic acids is 2. The van der Waals surface area contributed by atoms with Gasteiger partial charge in [-0.1, -0.05) is 0 Å². The first-order valence-corrected chi connectivity index (χ1v) is 6.38. The van der Waals surface area contributed by atoms with E-state index in [0.717, 1.165) is 16.8 Å². The van der Waals surface area contributed by atoms with Crippen molar-refractivity contribution in [1.82, 2.24) is 9.47 Å². The number of likely N-dealkylation sites (N-methyl/N-ethyl adjacent to an activating group) is 1. The second-order valence-electron chi connectivity index (χ2n) is 5.01. The molecule has 0 radical (unpaired) electrons. The largest absolute Gasteiger partial charge is 0.503 e. The van der Waals surface area contributed by atoms with Crippen LogP contribution >= 0.6 is 0 Å². The minimum absolute atomic E-state index is 0.0433. The topological polar surface area (TPSA) is 140 Å². The second-order valence-corrected chi connectivity index (χ2v) is 5.01. The standard InChI is InChI=1S/C13H18N2O7/c1-7(16)12(13(21)22)15-5-10(18)9(17)3-8(15)4-14(2)6-11(19)20/h3,5,7,12,16,18H,4,6H2,1-2H3,(H,19,20)(H,21,22). The Morgan fingerprint density at radius 3 is 2.41 bits per heavy atom. The fraction of sp³-hybridized carbons (Fsp3) is 0.462. The van der Waals surface area contributed by atoms with Gasteiger partial charge in [0.15, 0.2) is 11.8 Å². The lowest BCUT2D eigenvalue weighted by atomic mass is 10.1. The molecule has 0 fully saturated rings. The lowest BCUT2D eigenvalue weighted by Gasteiger charge is -2.25. The Labute approximate surface area is 125 Å². The van der Waals surface area contributed by atoms with Crippen LogP contribution in [0.25, 0.3) is 0 Å². The van der Waals surface area contributed by atoms with Gasteiger partial charge in [0.1, 0.15) is 0 Å². The van der Waals surface area contributed by atoms with Gasteiger partial charge in [0.2, 0.25) is 5.43 Å². The molecule has 0 saturated carbocycles. The molecule has 0 aromatic carbocycles. The van der Waals surface area contributed by atoms with Crippen LogP contribution in [-0.4, -0.2) is 61.5 Å². The van der Waals surface area contributed by atoms with Crippen molar-refractivity contribution in [2.45, 2.75) is 25.6 Å². The van der Waals surface area contributed by atoms with Crippen molar-refractivity contribution < 1.29 is 30.0 Å². The first kappa shape index (κ1) is 17.7. The molecule has 2 atom stereocenters. The zero-order valence-corrected chi connectivity index (χ0v) is 12.1. The number of aliphatic carboxylic acids is 2. The molecule has 2 unspecified atom stereocenters. The number of aromatic hydroxyl groups is 1. The van der Waals surface area contributed by atoms with Crippen molar-refractivity contribution in [3.63, 3.8) is 0 Å². The summed E-state index contributed by atoms with van der Waals surface area (Å²) < 4.78 is 1.06. The van der Waals surface area contributed by atoms with Crippen molar-refractivity contribution >= 4 is 11.9 Å². The second kappa shape index (κ2) is 7.05. The summed E-state index contributed by atoms with van der Waals surface area (Å²) in [5.41, 5.74) is -0.551. The number of aliphatic hydroxyl groups excluding tert-OH is 1. The fourth-order valence-electron chi connectivity index (χ4n) is 2.09. The Balaban J connectivity index is 3.30. The number of hydrogen-bond donors (Lipinski definition) is 4. The van der Waals surface area contributed by atoms with Crippen LogP contribution in [0.1, 0.15) is 18.7 Å². The van der Waals surface area contributed by atoms with Crippen molar-refractivity contribution in [3.8, 4) is 5.75 Å². The molecule has 22 heavy (non-hydrogen) atoms. The minimum atomic E-state index is -1.42. The van der Waals surface area contributed by atoms with E-state index in [4.69, 9.17) is 5.11 Å². The Morgan fingerprint density at radius 1 is 1.36 bits per heavy atom. The zero-order chi connectivity index (χ0) is 17.0. The van der Waals surface area contributed by atoms with Gasteiger partial charge in [-0.3, -0.25) is 14.5 Å². The Kier molecular flexibility index (Phi) is 5.66. The van der Waals surface area contributed by atoms with Gasteiger partial charge < -0.3 is 25.0 Å². The molecule has 0 aliphatic carbocycles. The summed E-state index contributed by atoms with van der Waals surface area (Å²) in [4.78, 5) is 34.9. The van der Waals surface area contributed by atoms with E-state index >= 15 is 0 Å². The number of nitrogens with zero attached hydrogens (tertiary/aromatic N) is 2. The van der Waals surface area contributed by atoms with E-state index in [0.29, 0.717) is 0 Å². The van der Waals surface area contributed by atoms with Crippen LogP contribution in [0.2, 0.25) is 0 Å². The van der Waals surface area contributed by atoms with Gasteiger partial charge in [0.25, 0.3) is 0 Å². The third-order valence-corrected chi connectivity index (χ3v) is 2.99.